The Kier molecular flexibility index (Phi) is 3.08. The van der Waals surface area contributed by atoms with Crippen LogP contribution in [0.2, 0.25) is 0 Å². The van der Waals surface area contributed by atoms with Gasteiger partial charge in [0.1, 0.15) is 0 Å². The summed E-state index contributed by atoms with van der Waals surface area (Å²) in [5.74, 6) is 0.468. The van der Waals surface area contributed by atoms with Crippen LogP contribution in [0.15, 0.2) is 22.8 Å². The number of anilines is 1. The Balaban J connectivity index is 0.000000222. The largest absolute Gasteiger partial charge is 0.449 e. The van der Waals surface area contributed by atoms with E-state index in [4.69, 9.17) is 11.0 Å². The van der Waals surface area contributed by atoms with Crippen LogP contribution in [0.5, 0.6) is 0 Å². The molecule has 1 aromatic heterocycles. The van der Waals surface area contributed by atoms with Crippen molar-refractivity contribution in [1.29, 1.82) is 5.26 Å². The van der Waals surface area contributed by atoms with Gasteiger partial charge in [0.15, 0.2) is 5.88 Å². The highest BCUT2D eigenvalue weighted by atomic mass is 16.3. The third kappa shape index (κ3) is 1.88. The number of nitrogens with two attached hydrogens (primary N) is 1. The quantitative estimate of drug-likeness (QED) is 0.541. The number of nitriles is 1. The third-order valence-corrected chi connectivity index (χ3v) is 0.543. The van der Waals surface area contributed by atoms with E-state index >= 15 is 0 Å². The maximum absolute atomic E-state index is 6.50. The van der Waals surface area contributed by atoms with Gasteiger partial charge in [-0.1, -0.05) is 0 Å². The Morgan fingerprint density at radius 3 is 2.38 bits per heavy atom. The van der Waals surface area contributed by atoms with Gasteiger partial charge in [0.25, 0.3) is 0 Å². The van der Waals surface area contributed by atoms with Gasteiger partial charge < -0.3 is 10.2 Å². The van der Waals surface area contributed by atoms with Crippen LogP contribution in [-0.4, -0.2) is 0 Å². The van der Waals surface area contributed by atoms with Gasteiger partial charge in [-0.15, -0.1) is 0 Å². The van der Waals surface area contributed by atoms with Crippen molar-refractivity contribution in [3.05, 3.63) is 18.4 Å². The number of hydrogen-bond acceptors (Lipinski definition) is 3. The molecule has 0 bridgehead atoms. The molecule has 3 nitrogen and oxygen atoms in total. The van der Waals surface area contributed by atoms with Crippen LogP contribution >= 0.6 is 0 Å². The molecule has 0 amide bonds. The molecule has 0 aliphatic heterocycles. The zero-order chi connectivity index (χ0) is 6.41. The first-order chi connectivity index (χ1) is 3.89. The van der Waals surface area contributed by atoms with E-state index in [2.05, 4.69) is 11.0 Å². The summed E-state index contributed by atoms with van der Waals surface area (Å²) in [5, 5.41) is 6.50. The minimum atomic E-state index is 0.468. The summed E-state index contributed by atoms with van der Waals surface area (Å²) in [6, 6.07) is 3.44. The van der Waals surface area contributed by atoms with Crippen molar-refractivity contribution in [2.45, 2.75) is 0 Å². The normalized spacial score (nSPS) is 6.75. The average Bonchev–Trinajstić information content (AvgIpc) is 2.24. The Labute approximate surface area is 47.3 Å². The summed E-state index contributed by atoms with van der Waals surface area (Å²) in [5.41, 5.74) is 5.11. The minimum Gasteiger partial charge on any atom is -0.449 e. The molecule has 0 saturated carbocycles. The second-order valence-electron chi connectivity index (χ2n) is 1.02. The molecule has 0 radical (unpaired) electrons. The highest BCUT2D eigenvalue weighted by molar-refractivity contribution is 5.20. The fourth-order valence-corrected chi connectivity index (χ4v) is 0.291. The van der Waals surface area contributed by atoms with Gasteiger partial charge in [-0.3, -0.25) is 0 Å². The highest BCUT2D eigenvalue weighted by Gasteiger charge is 1.76. The first-order valence-corrected chi connectivity index (χ1v) is 1.94. The molecule has 0 saturated heterocycles. The molecule has 3 heteroatoms. The number of nitrogens with zero attached hydrogens (tertiary/aromatic N) is 1. The molecule has 2 N–H and O–H groups in total. The van der Waals surface area contributed by atoms with Crippen molar-refractivity contribution in [3.63, 3.8) is 0 Å². The molecular formula is C5H6N2O. The van der Waals surface area contributed by atoms with Crippen LogP contribution in [0, 0.1) is 11.8 Å². The van der Waals surface area contributed by atoms with E-state index < -0.39 is 0 Å². The molecular weight excluding hydrogens is 104 g/mol. The maximum atomic E-state index is 6.50. The van der Waals surface area contributed by atoms with E-state index in [1.807, 2.05) is 0 Å². The molecule has 42 valence electrons. The van der Waals surface area contributed by atoms with Crippen LogP contribution in [0.3, 0.4) is 0 Å². The van der Waals surface area contributed by atoms with Crippen LogP contribution in [0.4, 0.5) is 5.88 Å². The molecule has 8 heavy (non-hydrogen) atoms. The SMILES string of the molecule is C#N.Nc1ccco1. The lowest BCUT2D eigenvalue weighted by molar-refractivity contribution is 0.588. The minimum absolute atomic E-state index is 0.468. The second-order valence-corrected chi connectivity index (χ2v) is 1.02. The number of hydrogen-bond donors (Lipinski definition) is 1. The van der Waals surface area contributed by atoms with E-state index in [0.29, 0.717) is 5.88 Å². The molecule has 1 aromatic rings. The molecule has 0 unspecified atom stereocenters. The predicted molar refractivity (Wildman–Crippen MR) is 29.8 cm³/mol. The lowest BCUT2D eigenvalue weighted by atomic mass is 10.6. The lowest BCUT2D eigenvalue weighted by Gasteiger charge is -1.70. The lowest BCUT2D eigenvalue weighted by Crippen LogP contribution is -1.74. The maximum Gasteiger partial charge on any atom is 0.190 e. The molecule has 0 fully saturated rings. The fraction of sp³-hybridized carbons (Fsp3) is 0. The van der Waals surface area contributed by atoms with Gasteiger partial charge in [0, 0.05) is 12.6 Å². The molecule has 0 aliphatic rings. The van der Waals surface area contributed by atoms with E-state index in [1.54, 1.807) is 12.1 Å². The van der Waals surface area contributed by atoms with E-state index in [-0.39, 0.29) is 0 Å². The first-order valence-electron chi connectivity index (χ1n) is 1.94. The van der Waals surface area contributed by atoms with Crippen molar-refractivity contribution >= 4 is 5.88 Å². The van der Waals surface area contributed by atoms with Gasteiger partial charge >= 0.3 is 0 Å². The molecule has 1 heterocycles. The summed E-state index contributed by atoms with van der Waals surface area (Å²) in [6.45, 7) is 3.50. The Hall–Kier alpha value is -1.43. The van der Waals surface area contributed by atoms with Crippen molar-refractivity contribution in [2.24, 2.45) is 0 Å². The zero-order valence-corrected chi connectivity index (χ0v) is 4.24. The van der Waals surface area contributed by atoms with Crippen LogP contribution < -0.4 is 5.73 Å². The Morgan fingerprint density at radius 1 is 1.62 bits per heavy atom. The van der Waals surface area contributed by atoms with Crippen molar-refractivity contribution in [1.82, 2.24) is 0 Å². The topological polar surface area (TPSA) is 63.0 Å². The van der Waals surface area contributed by atoms with Crippen LogP contribution in [-0.2, 0) is 0 Å². The number of rotatable bonds is 0. The van der Waals surface area contributed by atoms with Gasteiger partial charge in [-0.2, -0.15) is 0 Å². The van der Waals surface area contributed by atoms with Gasteiger partial charge in [-0.05, 0) is 6.07 Å². The molecule has 0 aromatic carbocycles. The zero-order valence-electron chi connectivity index (χ0n) is 4.24. The Bertz CT molecular complexity index is 143. The first kappa shape index (κ1) is 6.57. The standard InChI is InChI=1S/C4H5NO.CHN/c5-4-2-1-3-6-4;1-2/h1-3H,5H2;1H. The van der Waals surface area contributed by atoms with E-state index in [9.17, 15) is 0 Å². The molecule has 0 aliphatic carbocycles. The summed E-state index contributed by atoms with van der Waals surface area (Å²) in [7, 11) is 0. The van der Waals surface area contributed by atoms with Crippen molar-refractivity contribution < 1.29 is 4.42 Å². The summed E-state index contributed by atoms with van der Waals surface area (Å²) >= 11 is 0. The second kappa shape index (κ2) is 3.75. The Morgan fingerprint density at radius 2 is 2.25 bits per heavy atom. The highest BCUT2D eigenvalue weighted by Crippen LogP contribution is 1.97. The van der Waals surface area contributed by atoms with Crippen LogP contribution in [0.1, 0.15) is 0 Å². The third-order valence-electron chi connectivity index (χ3n) is 0.543. The van der Waals surface area contributed by atoms with Gasteiger partial charge in [0.2, 0.25) is 0 Å². The van der Waals surface area contributed by atoms with Crippen LogP contribution in [0.25, 0.3) is 0 Å². The number of furan rings is 1. The predicted octanol–water partition coefficient (Wildman–Crippen LogP) is 1.00. The smallest absolute Gasteiger partial charge is 0.190 e. The van der Waals surface area contributed by atoms with Gasteiger partial charge in [0.05, 0.1) is 6.26 Å². The molecule has 0 atom stereocenters. The van der Waals surface area contributed by atoms with Gasteiger partial charge in [-0.25, -0.2) is 5.26 Å². The van der Waals surface area contributed by atoms with E-state index in [0.717, 1.165) is 0 Å². The summed E-state index contributed by atoms with van der Waals surface area (Å²) in [4.78, 5) is 0. The molecule has 1 rings (SSSR count). The van der Waals surface area contributed by atoms with Crippen molar-refractivity contribution in [3.8, 4) is 6.57 Å². The van der Waals surface area contributed by atoms with E-state index in [1.165, 1.54) is 6.26 Å². The average molecular weight is 110 g/mol. The number of nitrogen functional groups attached to an aromatic ring is 1. The van der Waals surface area contributed by atoms with Crippen molar-refractivity contribution in [2.75, 3.05) is 5.73 Å². The summed E-state index contributed by atoms with van der Waals surface area (Å²) in [6.07, 6.45) is 1.54. The fourth-order valence-electron chi connectivity index (χ4n) is 0.291. The molecule has 0 spiro atoms. The monoisotopic (exact) mass is 110 g/mol. The summed E-state index contributed by atoms with van der Waals surface area (Å²) < 4.78 is 4.61.